The molecule has 1 aliphatic heterocycles. The predicted octanol–water partition coefficient (Wildman–Crippen LogP) is 3.01. The molecule has 25 heavy (non-hydrogen) atoms. The molecule has 2 aromatic rings. The second kappa shape index (κ2) is 7.66. The summed E-state index contributed by atoms with van der Waals surface area (Å²) in [4.78, 5) is 14.4. The summed E-state index contributed by atoms with van der Waals surface area (Å²) in [7, 11) is 0. The monoisotopic (exact) mass is 342 g/mol. The fourth-order valence-electron chi connectivity index (χ4n) is 3.09. The van der Waals surface area contributed by atoms with Crippen LogP contribution < -0.4 is 5.32 Å². The zero-order valence-corrected chi connectivity index (χ0v) is 14.1. The molecule has 1 amide bonds. The van der Waals surface area contributed by atoms with E-state index in [1.54, 1.807) is 12.1 Å². The molecule has 0 unspecified atom stereocenters. The van der Waals surface area contributed by atoms with Gasteiger partial charge in [-0.1, -0.05) is 42.5 Å². The fraction of sp³-hybridized carbons (Fsp3) is 0.350. The first-order chi connectivity index (χ1) is 12.0. The molecule has 0 saturated carbocycles. The molecule has 1 heterocycles. The van der Waals surface area contributed by atoms with E-state index in [-0.39, 0.29) is 18.6 Å². The lowest BCUT2D eigenvalue weighted by atomic mass is 9.92. The van der Waals surface area contributed by atoms with Gasteiger partial charge >= 0.3 is 0 Å². The summed E-state index contributed by atoms with van der Waals surface area (Å²) in [6.07, 6.45) is 0.400. The SMILES string of the molecule is O=C(NCc1ccccc1)C1(F)CCN(Cc2ccc(O)cc2)CC1. The molecule has 3 rings (SSSR count). The number of nitrogens with zero attached hydrogens (tertiary/aromatic N) is 1. The smallest absolute Gasteiger partial charge is 0.258 e. The first kappa shape index (κ1) is 17.4. The number of benzene rings is 2. The van der Waals surface area contributed by atoms with Crippen molar-refractivity contribution in [2.24, 2.45) is 0 Å². The Hall–Kier alpha value is -2.40. The Morgan fingerprint density at radius 3 is 2.32 bits per heavy atom. The summed E-state index contributed by atoms with van der Waals surface area (Å²) in [5.41, 5.74) is 0.238. The van der Waals surface area contributed by atoms with Crippen molar-refractivity contribution in [2.45, 2.75) is 31.6 Å². The van der Waals surface area contributed by atoms with Crippen molar-refractivity contribution in [3.8, 4) is 5.75 Å². The lowest BCUT2D eigenvalue weighted by Gasteiger charge is -2.35. The number of amides is 1. The van der Waals surface area contributed by atoms with Crippen LogP contribution in [0.1, 0.15) is 24.0 Å². The highest BCUT2D eigenvalue weighted by molar-refractivity contribution is 5.85. The maximum absolute atomic E-state index is 15.0. The number of carbonyl (C=O) groups excluding carboxylic acids is 1. The number of phenols is 1. The normalized spacial score (nSPS) is 17.2. The third-order valence-corrected chi connectivity index (χ3v) is 4.69. The summed E-state index contributed by atoms with van der Waals surface area (Å²) < 4.78 is 15.0. The van der Waals surface area contributed by atoms with Crippen molar-refractivity contribution in [1.29, 1.82) is 0 Å². The molecule has 0 bridgehead atoms. The number of halogens is 1. The van der Waals surface area contributed by atoms with E-state index in [0.717, 1.165) is 11.1 Å². The molecule has 1 aliphatic rings. The zero-order valence-electron chi connectivity index (χ0n) is 14.1. The van der Waals surface area contributed by atoms with Gasteiger partial charge < -0.3 is 10.4 Å². The predicted molar refractivity (Wildman–Crippen MR) is 94.7 cm³/mol. The van der Waals surface area contributed by atoms with Crippen LogP contribution in [0, 0.1) is 0 Å². The highest BCUT2D eigenvalue weighted by Crippen LogP contribution is 2.28. The standard InChI is InChI=1S/C20H23FN2O2/c21-20(19(25)22-14-16-4-2-1-3-5-16)10-12-23(13-11-20)15-17-6-8-18(24)9-7-17/h1-9,24H,10-15H2,(H,22,25). The highest BCUT2D eigenvalue weighted by atomic mass is 19.1. The van der Waals surface area contributed by atoms with Crippen molar-refractivity contribution in [1.82, 2.24) is 10.2 Å². The average molecular weight is 342 g/mol. The molecule has 0 atom stereocenters. The van der Waals surface area contributed by atoms with Gasteiger partial charge in [-0.2, -0.15) is 0 Å². The number of aromatic hydroxyl groups is 1. The van der Waals surface area contributed by atoms with E-state index in [9.17, 15) is 14.3 Å². The topological polar surface area (TPSA) is 52.6 Å². The average Bonchev–Trinajstić information content (AvgIpc) is 2.64. The van der Waals surface area contributed by atoms with Gasteiger partial charge in [-0.15, -0.1) is 0 Å². The Labute approximate surface area is 147 Å². The summed E-state index contributed by atoms with van der Waals surface area (Å²) in [5.74, 6) is -0.277. The molecule has 2 N–H and O–H groups in total. The lowest BCUT2D eigenvalue weighted by Crippen LogP contribution is -2.50. The minimum atomic E-state index is -1.79. The Kier molecular flexibility index (Phi) is 5.34. The molecule has 5 heteroatoms. The Balaban J connectivity index is 1.49. The van der Waals surface area contributed by atoms with Gasteiger partial charge in [0.1, 0.15) is 5.75 Å². The molecule has 4 nitrogen and oxygen atoms in total. The Morgan fingerprint density at radius 2 is 1.68 bits per heavy atom. The maximum atomic E-state index is 15.0. The van der Waals surface area contributed by atoms with Gasteiger partial charge in [0.25, 0.3) is 5.91 Å². The summed E-state index contributed by atoms with van der Waals surface area (Å²) >= 11 is 0. The van der Waals surface area contributed by atoms with E-state index < -0.39 is 11.6 Å². The van der Waals surface area contributed by atoms with Crippen LogP contribution in [0.4, 0.5) is 4.39 Å². The molecule has 1 fully saturated rings. The number of alkyl halides is 1. The molecular formula is C20H23FN2O2. The first-order valence-corrected chi connectivity index (χ1v) is 8.57. The van der Waals surface area contributed by atoms with Crippen molar-refractivity contribution in [3.05, 3.63) is 65.7 Å². The van der Waals surface area contributed by atoms with Crippen LogP contribution >= 0.6 is 0 Å². The number of piperidine rings is 1. The van der Waals surface area contributed by atoms with Gasteiger partial charge in [0.15, 0.2) is 5.67 Å². The summed E-state index contributed by atoms with van der Waals surface area (Å²) in [6, 6.07) is 16.5. The molecular weight excluding hydrogens is 319 g/mol. The van der Waals surface area contributed by atoms with E-state index in [1.165, 1.54) is 0 Å². The van der Waals surface area contributed by atoms with E-state index in [0.29, 0.717) is 26.2 Å². The minimum Gasteiger partial charge on any atom is -0.508 e. The highest BCUT2D eigenvalue weighted by Gasteiger charge is 2.41. The van der Waals surface area contributed by atoms with E-state index in [2.05, 4.69) is 10.2 Å². The number of likely N-dealkylation sites (tertiary alicyclic amines) is 1. The second-order valence-corrected chi connectivity index (χ2v) is 6.58. The van der Waals surface area contributed by atoms with E-state index in [4.69, 9.17) is 0 Å². The Morgan fingerprint density at radius 1 is 1.04 bits per heavy atom. The molecule has 132 valence electrons. The van der Waals surface area contributed by atoms with Crippen LogP contribution in [0.2, 0.25) is 0 Å². The van der Waals surface area contributed by atoms with Crippen LogP contribution in [0.3, 0.4) is 0 Å². The van der Waals surface area contributed by atoms with Crippen LogP contribution in [0.15, 0.2) is 54.6 Å². The van der Waals surface area contributed by atoms with Gasteiger partial charge in [0.05, 0.1) is 0 Å². The van der Waals surface area contributed by atoms with Crippen molar-refractivity contribution < 1.29 is 14.3 Å². The second-order valence-electron chi connectivity index (χ2n) is 6.58. The van der Waals surface area contributed by atoms with Gasteiger partial charge in [-0.05, 0) is 23.3 Å². The van der Waals surface area contributed by atoms with Crippen LogP contribution in [-0.2, 0) is 17.9 Å². The fourth-order valence-corrected chi connectivity index (χ4v) is 3.09. The number of rotatable bonds is 5. The summed E-state index contributed by atoms with van der Waals surface area (Å²) in [5, 5.41) is 12.0. The third kappa shape index (κ3) is 4.57. The van der Waals surface area contributed by atoms with Gasteiger partial charge in [0.2, 0.25) is 0 Å². The molecule has 1 saturated heterocycles. The number of carbonyl (C=O) groups is 1. The number of hydrogen-bond acceptors (Lipinski definition) is 3. The molecule has 0 spiro atoms. The van der Waals surface area contributed by atoms with Gasteiger partial charge in [0, 0.05) is 39.0 Å². The Bertz CT molecular complexity index is 695. The molecule has 0 aromatic heterocycles. The first-order valence-electron chi connectivity index (χ1n) is 8.57. The van der Waals surface area contributed by atoms with Crippen LogP contribution in [0.25, 0.3) is 0 Å². The zero-order chi connectivity index (χ0) is 17.7. The van der Waals surface area contributed by atoms with Crippen molar-refractivity contribution >= 4 is 5.91 Å². The largest absolute Gasteiger partial charge is 0.508 e. The van der Waals surface area contributed by atoms with Crippen molar-refractivity contribution in [3.63, 3.8) is 0 Å². The summed E-state index contributed by atoms with van der Waals surface area (Å²) in [6.45, 7) is 2.12. The van der Waals surface area contributed by atoms with Gasteiger partial charge in [-0.3, -0.25) is 9.69 Å². The van der Waals surface area contributed by atoms with E-state index >= 15 is 0 Å². The van der Waals surface area contributed by atoms with Gasteiger partial charge in [-0.25, -0.2) is 4.39 Å². The van der Waals surface area contributed by atoms with Crippen LogP contribution in [-0.4, -0.2) is 34.7 Å². The number of hydrogen-bond donors (Lipinski definition) is 2. The van der Waals surface area contributed by atoms with E-state index in [1.807, 2.05) is 42.5 Å². The lowest BCUT2D eigenvalue weighted by molar-refractivity contribution is -0.136. The third-order valence-electron chi connectivity index (χ3n) is 4.69. The molecule has 0 radical (unpaired) electrons. The number of nitrogens with one attached hydrogen (secondary N) is 1. The minimum absolute atomic E-state index is 0.200. The maximum Gasteiger partial charge on any atom is 0.258 e. The number of phenolic OH excluding ortho intramolecular Hbond substituents is 1. The molecule has 2 aromatic carbocycles. The quantitative estimate of drug-likeness (QED) is 0.878. The van der Waals surface area contributed by atoms with Crippen molar-refractivity contribution in [2.75, 3.05) is 13.1 Å². The molecule has 0 aliphatic carbocycles. The van der Waals surface area contributed by atoms with Crippen LogP contribution in [0.5, 0.6) is 5.75 Å².